The largest absolute Gasteiger partial charge is 0.361 e. The summed E-state index contributed by atoms with van der Waals surface area (Å²) in [6, 6.07) is 5.60. The van der Waals surface area contributed by atoms with Gasteiger partial charge in [0.05, 0.1) is 6.54 Å². The van der Waals surface area contributed by atoms with Gasteiger partial charge in [-0.2, -0.15) is 0 Å². The first-order chi connectivity index (χ1) is 10.1. The molecule has 2 rings (SSSR count). The number of rotatable bonds is 5. The Morgan fingerprint density at radius 1 is 1.24 bits per heavy atom. The van der Waals surface area contributed by atoms with Crippen LogP contribution in [-0.4, -0.2) is 33.9 Å². The summed E-state index contributed by atoms with van der Waals surface area (Å²) in [6.07, 6.45) is 1.70. The Morgan fingerprint density at radius 3 is 2.71 bits per heavy atom. The van der Waals surface area contributed by atoms with Crippen LogP contribution in [-0.2, 0) is 4.79 Å². The van der Waals surface area contributed by atoms with E-state index in [0.29, 0.717) is 23.9 Å². The van der Waals surface area contributed by atoms with Gasteiger partial charge in [-0.25, -0.2) is 9.97 Å². The van der Waals surface area contributed by atoms with Gasteiger partial charge in [0.2, 0.25) is 5.91 Å². The molecule has 0 fully saturated rings. The van der Waals surface area contributed by atoms with E-state index in [1.807, 2.05) is 39.0 Å². The van der Waals surface area contributed by atoms with E-state index in [1.54, 1.807) is 6.20 Å². The molecule has 110 valence electrons. The smallest absolute Gasteiger partial charge is 0.239 e. The molecule has 2 heterocycles. The fourth-order valence-electron chi connectivity index (χ4n) is 1.83. The summed E-state index contributed by atoms with van der Waals surface area (Å²) in [5.41, 5.74) is 2.50. The Bertz CT molecular complexity index is 627. The van der Waals surface area contributed by atoms with Crippen molar-refractivity contribution in [3.8, 4) is 11.5 Å². The molecule has 0 aliphatic carbocycles. The third kappa shape index (κ3) is 3.75. The van der Waals surface area contributed by atoms with Crippen molar-refractivity contribution in [1.82, 2.24) is 20.3 Å². The van der Waals surface area contributed by atoms with E-state index < -0.39 is 0 Å². The molecule has 0 aliphatic heterocycles. The number of amides is 1. The fourth-order valence-corrected chi connectivity index (χ4v) is 1.83. The number of aromatic nitrogens is 3. The standard InChI is InChI=1S/C15H19N5O/c1-4-16-13(21)9-18-14-10(2)11(3)19-15(20-14)12-7-5-6-8-17-12/h5-8H,4,9H2,1-3H3,(H,16,21)(H,18,19,20). The minimum atomic E-state index is -0.0625. The zero-order valence-corrected chi connectivity index (χ0v) is 12.5. The second-order valence-electron chi connectivity index (χ2n) is 4.63. The number of aryl methyl sites for hydroxylation is 1. The molecule has 0 atom stereocenters. The van der Waals surface area contributed by atoms with Crippen LogP contribution in [0.2, 0.25) is 0 Å². The van der Waals surface area contributed by atoms with E-state index >= 15 is 0 Å². The molecule has 0 aliphatic rings. The third-order valence-corrected chi connectivity index (χ3v) is 3.07. The average Bonchev–Trinajstić information content (AvgIpc) is 2.50. The molecule has 0 bridgehead atoms. The average molecular weight is 285 g/mol. The molecular formula is C15H19N5O. The molecule has 2 aromatic heterocycles. The van der Waals surface area contributed by atoms with Crippen LogP contribution in [0, 0.1) is 13.8 Å². The minimum absolute atomic E-state index is 0.0625. The lowest BCUT2D eigenvalue weighted by molar-refractivity contribution is -0.119. The zero-order chi connectivity index (χ0) is 15.2. The van der Waals surface area contributed by atoms with Gasteiger partial charge in [0.25, 0.3) is 0 Å². The van der Waals surface area contributed by atoms with E-state index in [2.05, 4.69) is 25.6 Å². The predicted octanol–water partition coefficient (Wildman–Crippen LogP) is 1.70. The van der Waals surface area contributed by atoms with Gasteiger partial charge in [-0.3, -0.25) is 9.78 Å². The van der Waals surface area contributed by atoms with Gasteiger partial charge >= 0.3 is 0 Å². The summed E-state index contributed by atoms with van der Waals surface area (Å²) in [6.45, 7) is 6.53. The number of hydrogen-bond donors (Lipinski definition) is 2. The quantitative estimate of drug-likeness (QED) is 0.874. The third-order valence-electron chi connectivity index (χ3n) is 3.07. The van der Waals surface area contributed by atoms with Crippen LogP contribution in [0.25, 0.3) is 11.5 Å². The molecule has 6 heteroatoms. The summed E-state index contributed by atoms with van der Waals surface area (Å²) < 4.78 is 0. The van der Waals surface area contributed by atoms with Gasteiger partial charge in [-0.15, -0.1) is 0 Å². The van der Waals surface area contributed by atoms with E-state index in [-0.39, 0.29) is 12.5 Å². The topological polar surface area (TPSA) is 79.8 Å². The van der Waals surface area contributed by atoms with Crippen LogP contribution in [0.3, 0.4) is 0 Å². The minimum Gasteiger partial charge on any atom is -0.361 e. The molecule has 2 N–H and O–H groups in total. The number of nitrogens with zero attached hydrogens (tertiary/aromatic N) is 3. The molecule has 21 heavy (non-hydrogen) atoms. The Balaban J connectivity index is 2.25. The lowest BCUT2D eigenvalue weighted by Crippen LogP contribution is -2.30. The van der Waals surface area contributed by atoms with Crippen molar-refractivity contribution >= 4 is 11.7 Å². The number of anilines is 1. The molecule has 0 saturated carbocycles. The first kappa shape index (κ1) is 14.9. The SMILES string of the molecule is CCNC(=O)CNc1nc(-c2ccccn2)nc(C)c1C. The summed E-state index contributed by atoms with van der Waals surface area (Å²) in [5.74, 6) is 1.15. The van der Waals surface area contributed by atoms with Crippen LogP contribution >= 0.6 is 0 Å². The maximum atomic E-state index is 11.5. The summed E-state index contributed by atoms with van der Waals surface area (Å²) in [5, 5.41) is 5.80. The van der Waals surface area contributed by atoms with Crippen LogP contribution in [0.5, 0.6) is 0 Å². The number of likely N-dealkylation sites (N-methyl/N-ethyl adjacent to an activating group) is 1. The van der Waals surface area contributed by atoms with Gasteiger partial charge in [-0.1, -0.05) is 6.07 Å². The van der Waals surface area contributed by atoms with Crippen LogP contribution in [0.15, 0.2) is 24.4 Å². The Morgan fingerprint density at radius 2 is 2.05 bits per heavy atom. The Kier molecular flexibility index (Phi) is 4.81. The number of hydrogen-bond acceptors (Lipinski definition) is 5. The second kappa shape index (κ2) is 6.78. The van der Waals surface area contributed by atoms with Gasteiger partial charge in [0.1, 0.15) is 11.5 Å². The van der Waals surface area contributed by atoms with Crippen molar-refractivity contribution in [3.05, 3.63) is 35.7 Å². The maximum absolute atomic E-state index is 11.5. The molecule has 0 unspecified atom stereocenters. The first-order valence-corrected chi connectivity index (χ1v) is 6.89. The van der Waals surface area contributed by atoms with Crippen LogP contribution in [0.1, 0.15) is 18.2 Å². The van der Waals surface area contributed by atoms with Crippen molar-refractivity contribution in [2.45, 2.75) is 20.8 Å². The van der Waals surface area contributed by atoms with Gasteiger partial charge in [-0.05, 0) is 32.9 Å². The lowest BCUT2D eigenvalue weighted by atomic mass is 10.2. The number of nitrogens with one attached hydrogen (secondary N) is 2. The van der Waals surface area contributed by atoms with E-state index in [9.17, 15) is 4.79 Å². The normalized spacial score (nSPS) is 10.2. The van der Waals surface area contributed by atoms with E-state index in [4.69, 9.17) is 0 Å². The first-order valence-electron chi connectivity index (χ1n) is 6.89. The molecule has 0 saturated heterocycles. The molecule has 1 amide bonds. The highest BCUT2D eigenvalue weighted by atomic mass is 16.1. The molecule has 6 nitrogen and oxygen atoms in total. The van der Waals surface area contributed by atoms with Crippen LogP contribution < -0.4 is 10.6 Å². The second-order valence-corrected chi connectivity index (χ2v) is 4.63. The monoisotopic (exact) mass is 285 g/mol. The molecule has 0 radical (unpaired) electrons. The summed E-state index contributed by atoms with van der Waals surface area (Å²) >= 11 is 0. The number of carbonyl (C=O) groups is 1. The predicted molar refractivity (Wildman–Crippen MR) is 81.9 cm³/mol. The molecule has 0 spiro atoms. The van der Waals surface area contributed by atoms with Gasteiger partial charge < -0.3 is 10.6 Å². The highest BCUT2D eigenvalue weighted by Gasteiger charge is 2.11. The lowest BCUT2D eigenvalue weighted by Gasteiger charge is -2.12. The van der Waals surface area contributed by atoms with Crippen LogP contribution in [0.4, 0.5) is 5.82 Å². The van der Waals surface area contributed by atoms with Crippen molar-refractivity contribution in [1.29, 1.82) is 0 Å². The highest BCUT2D eigenvalue weighted by molar-refractivity contribution is 5.80. The van der Waals surface area contributed by atoms with Crippen molar-refractivity contribution < 1.29 is 4.79 Å². The molecule has 2 aromatic rings. The zero-order valence-electron chi connectivity index (χ0n) is 12.5. The van der Waals surface area contributed by atoms with Gasteiger partial charge in [0.15, 0.2) is 5.82 Å². The number of carbonyl (C=O) groups excluding carboxylic acids is 1. The van der Waals surface area contributed by atoms with Crippen molar-refractivity contribution in [2.75, 3.05) is 18.4 Å². The highest BCUT2D eigenvalue weighted by Crippen LogP contribution is 2.19. The van der Waals surface area contributed by atoms with Crippen molar-refractivity contribution in [3.63, 3.8) is 0 Å². The fraction of sp³-hybridized carbons (Fsp3) is 0.333. The van der Waals surface area contributed by atoms with Gasteiger partial charge in [0, 0.05) is 24.0 Å². The van der Waals surface area contributed by atoms with Crippen molar-refractivity contribution in [2.24, 2.45) is 0 Å². The summed E-state index contributed by atoms with van der Waals surface area (Å²) in [7, 11) is 0. The summed E-state index contributed by atoms with van der Waals surface area (Å²) in [4.78, 5) is 24.7. The Hall–Kier alpha value is -2.50. The molecule has 0 aromatic carbocycles. The maximum Gasteiger partial charge on any atom is 0.239 e. The van der Waals surface area contributed by atoms with E-state index in [0.717, 1.165) is 11.3 Å². The Labute approximate surface area is 124 Å². The molecular weight excluding hydrogens is 266 g/mol. The van der Waals surface area contributed by atoms with E-state index in [1.165, 1.54) is 0 Å². The number of pyridine rings is 1.